The van der Waals surface area contributed by atoms with Crippen LogP contribution in [0.1, 0.15) is 31.1 Å². The third-order valence-electron chi connectivity index (χ3n) is 6.98. The predicted octanol–water partition coefficient (Wildman–Crippen LogP) is 3.21. The van der Waals surface area contributed by atoms with Gasteiger partial charge in [0.15, 0.2) is 5.82 Å². The molecular formula is C27H26FN7O3. The van der Waals surface area contributed by atoms with Crippen LogP contribution < -0.4 is 15.8 Å². The molecular weight excluding hydrogens is 489 g/mol. The standard InChI is InChI=1S/C27H26FN7O3/c1-16-15-35(26(18-4-6-19(28)7-5-18)27(37)31-23-10-11-38-32-23)17(2)14-34(16)22-12-24(36)33(3)21-9-8-20(13-29)30-25(21)22/h4-12,16-17,26H,14-15H2,1-3H3,(H,31,32,37)/t16-,17+,26?/m0/s1. The fraction of sp³-hybridized carbons (Fsp3) is 0.296. The van der Waals surface area contributed by atoms with E-state index in [1.165, 1.54) is 23.0 Å². The number of benzene rings is 1. The maximum Gasteiger partial charge on any atom is 0.252 e. The van der Waals surface area contributed by atoms with Crippen LogP contribution in [-0.4, -0.2) is 50.7 Å². The Morgan fingerprint density at radius 2 is 1.92 bits per heavy atom. The average molecular weight is 516 g/mol. The first-order valence-electron chi connectivity index (χ1n) is 12.2. The van der Waals surface area contributed by atoms with Crippen molar-refractivity contribution in [3.8, 4) is 6.07 Å². The molecule has 1 amide bonds. The van der Waals surface area contributed by atoms with Crippen molar-refractivity contribution in [2.75, 3.05) is 23.3 Å². The number of halogens is 1. The van der Waals surface area contributed by atoms with Crippen LogP contribution in [0.25, 0.3) is 11.0 Å². The van der Waals surface area contributed by atoms with Gasteiger partial charge in [0.25, 0.3) is 5.56 Å². The van der Waals surface area contributed by atoms with Crippen LogP contribution in [0.2, 0.25) is 0 Å². The summed E-state index contributed by atoms with van der Waals surface area (Å²) in [5, 5.41) is 16.0. The van der Waals surface area contributed by atoms with Crippen molar-refractivity contribution < 1.29 is 13.7 Å². The van der Waals surface area contributed by atoms with E-state index in [-0.39, 0.29) is 35.1 Å². The third kappa shape index (κ3) is 4.62. The van der Waals surface area contributed by atoms with E-state index in [0.717, 1.165) is 0 Å². The van der Waals surface area contributed by atoms with Crippen molar-refractivity contribution in [3.63, 3.8) is 0 Å². The first-order chi connectivity index (χ1) is 18.3. The lowest BCUT2D eigenvalue weighted by atomic mass is 9.98. The molecule has 1 saturated heterocycles. The average Bonchev–Trinajstić information content (AvgIpc) is 3.42. The Bertz CT molecular complexity index is 1580. The monoisotopic (exact) mass is 515 g/mol. The number of fused-ring (bicyclic) bond motifs is 1. The highest BCUT2D eigenvalue weighted by Gasteiger charge is 2.38. The summed E-state index contributed by atoms with van der Waals surface area (Å²) in [4.78, 5) is 35.0. The molecule has 11 heteroatoms. The number of piperazine rings is 1. The van der Waals surface area contributed by atoms with Gasteiger partial charge in [0, 0.05) is 44.4 Å². The number of rotatable bonds is 5. The summed E-state index contributed by atoms with van der Waals surface area (Å²) in [6.07, 6.45) is 1.37. The number of nitrogens with one attached hydrogen (secondary N) is 1. The molecule has 3 aromatic heterocycles. The number of nitrogens with zero attached hydrogens (tertiary/aromatic N) is 6. The number of carbonyl (C=O) groups is 1. The normalized spacial score (nSPS) is 18.8. The van der Waals surface area contributed by atoms with Gasteiger partial charge in [0.05, 0.1) is 11.2 Å². The quantitative estimate of drug-likeness (QED) is 0.430. The van der Waals surface area contributed by atoms with Gasteiger partial charge in [-0.1, -0.05) is 17.3 Å². The number of nitriles is 1. The summed E-state index contributed by atoms with van der Waals surface area (Å²) < 4.78 is 20.1. The SMILES string of the molecule is C[C@@H]1CN(c2cc(=O)n(C)c3ccc(C#N)nc23)[C@@H](C)CN1C(C(=O)Nc1ccon1)c1ccc(F)cc1. The minimum absolute atomic E-state index is 0.128. The first-order valence-corrected chi connectivity index (χ1v) is 12.2. The Labute approximate surface area is 217 Å². The number of aromatic nitrogens is 3. The minimum Gasteiger partial charge on any atom is -0.364 e. The zero-order valence-corrected chi connectivity index (χ0v) is 21.1. The van der Waals surface area contributed by atoms with Crippen LogP contribution in [0.5, 0.6) is 0 Å². The van der Waals surface area contributed by atoms with Crippen molar-refractivity contribution in [1.82, 2.24) is 19.6 Å². The van der Waals surface area contributed by atoms with Gasteiger partial charge in [-0.3, -0.25) is 14.5 Å². The summed E-state index contributed by atoms with van der Waals surface area (Å²) in [5.74, 6) is -0.429. The molecule has 1 unspecified atom stereocenters. The number of aryl methyl sites for hydroxylation is 1. The van der Waals surface area contributed by atoms with Gasteiger partial charge in [-0.15, -0.1) is 0 Å². The Balaban J connectivity index is 1.51. The van der Waals surface area contributed by atoms with E-state index in [2.05, 4.69) is 31.3 Å². The van der Waals surface area contributed by atoms with E-state index in [1.54, 1.807) is 43.4 Å². The molecule has 0 aliphatic carbocycles. The van der Waals surface area contributed by atoms with Gasteiger partial charge in [-0.25, -0.2) is 9.37 Å². The van der Waals surface area contributed by atoms with Crippen LogP contribution in [0.4, 0.5) is 15.9 Å². The molecule has 0 radical (unpaired) electrons. The zero-order valence-electron chi connectivity index (χ0n) is 21.1. The van der Waals surface area contributed by atoms with Crippen LogP contribution >= 0.6 is 0 Å². The molecule has 0 spiro atoms. The fourth-order valence-electron chi connectivity index (χ4n) is 5.05. The summed E-state index contributed by atoms with van der Waals surface area (Å²) in [5.41, 5.74) is 2.56. The highest BCUT2D eigenvalue weighted by Crippen LogP contribution is 2.33. The Hall–Kier alpha value is -4.56. The van der Waals surface area contributed by atoms with E-state index < -0.39 is 11.9 Å². The molecule has 1 aromatic carbocycles. The second kappa shape index (κ2) is 10.1. The molecule has 5 rings (SSSR count). The van der Waals surface area contributed by atoms with E-state index in [1.807, 2.05) is 13.8 Å². The molecule has 1 N–H and O–H groups in total. The van der Waals surface area contributed by atoms with E-state index in [4.69, 9.17) is 4.52 Å². The third-order valence-corrected chi connectivity index (χ3v) is 6.98. The van der Waals surface area contributed by atoms with Gasteiger partial charge >= 0.3 is 0 Å². The van der Waals surface area contributed by atoms with E-state index in [0.29, 0.717) is 35.4 Å². The van der Waals surface area contributed by atoms with Crippen molar-refractivity contribution in [2.24, 2.45) is 7.05 Å². The van der Waals surface area contributed by atoms with Gasteiger partial charge in [-0.2, -0.15) is 5.26 Å². The molecule has 194 valence electrons. The van der Waals surface area contributed by atoms with Crippen molar-refractivity contribution >= 4 is 28.4 Å². The molecule has 4 aromatic rings. The number of pyridine rings is 2. The smallest absolute Gasteiger partial charge is 0.252 e. The second-order valence-corrected chi connectivity index (χ2v) is 9.48. The molecule has 10 nitrogen and oxygen atoms in total. The fourth-order valence-corrected chi connectivity index (χ4v) is 5.05. The van der Waals surface area contributed by atoms with Crippen molar-refractivity contribution in [2.45, 2.75) is 32.0 Å². The van der Waals surface area contributed by atoms with Crippen molar-refractivity contribution in [1.29, 1.82) is 5.26 Å². The molecule has 1 aliphatic heterocycles. The highest BCUT2D eigenvalue weighted by molar-refractivity contribution is 5.95. The number of amides is 1. The minimum atomic E-state index is -0.726. The van der Waals surface area contributed by atoms with Gasteiger partial charge in [0.2, 0.25) is 5.91 Å². The van der Waals surface area contributed by atoms with E-state index >= 15 is 0 Å². The van der Waals surface area contributed by atoms with Crippen LogP contribution in [0.3, 0.4) is 0 Å². The lowest BCUT2D eigenvalue weighted by Crippen LogP contribution is -2.59. The lowest BCUT2D eigenvalue weighted by molar-refractivity contribution is -0.122. The Morgan fingerprint density at radius 1 is 1.16 bits per heavy atom. The van der Waals surface area contributed by atoms with Gasteiger partial charge < -0.3 is 19.3 Å². The second-order valence-electron chi connectivity index (χ2n) is 9.48. The number of hydrogen-bond donors (Lipinski definition) is 1. The highest BCUT2D eigenvalue weighted by atomic mass is 19.1. The van der Waals surface area contributed by atoms with Crippen LogP contribution in [0, 0.1) is 17.1 Å². The lowest BCUT2D eigenvalue weighted by Gasteiger charge is -2.47. The number of hydrogen-bond acceptors (Lipinski definition) is 8. The maximum atomic E-state index is 13.7. The predicted molar refractivity (Wildman–Crippen MR) is 139 cm³/mol. The molecule has 4 heterocycles. The summed E-state index contributed by atoms with van der Waals surface area (Å²) >= 11 is 0. The number of anilines is 2. The van der Waals surface area contributed by atoms with Crippen LogP contribution in [0.15, 0.2) is 64.1 Å². The molecule has 0 saturated carbocycles. The molecule has 38 heavy (non-hydrogen) atoms. The summed E-state index contributed by atoms with van der Waals surface area (Å²) in [7, 11) is 1.67. The zero-order chi connectivity index (χ0) is 27.0. The Morgan fingerprint density at radius 3 is 2.61 bits per heavy atom. The summed E-state index contributed by atoms with van der Waals surface area (Å²) in [6.45, 7) is 4.95. The number of carbonyl (C=O) groups excluding carboxylic acids is 1. The van der Waals surface area contributed by atoms with Gasteiger partial charge in [0.1, 0.15) is 35.4 Å². The maximum absolute atomic E-state index is 13.7. The van der Waals surface area contributed by atoms with Crippen LogP contribution in [-0.2, 0) is 11.8 Å². The van der Waals surface area contributed by atoms with Gasteiger partial charge in [-0.05, 0) is 43.7 Å². The van der Waals surface area contributed by atoms with E-state index in [9.17, 15) is 19.2 Å². The largest absolute Gasteiger partial charge is 0.364 e. The van der Waals surface area contributed by atoms with Crippen molar-refractivity contribution in [3.05, 3.63) is 82.2 Å². The molecule has 1 aliphatic rings. The topological polar surface area (TPSA) is 120 Å². The Kier molecular flexibility index (Phi) is 6.65. The first kappa shape index (κ1) is 25.1. The molecule has 1 fully saturated rings. The molecule has 3 atom stereocenters. The summed E-state index contributed by atoms with van der Waals surface area (Å²) in [6, 6.07) is 13.4. The molecule has 0 bridgehead atoms.